The van der Waals surface area contributed by atoms with Crippen LogP contribution in [0.15, 0.2) is 11.1 Å². The third-order valence-electron chi connectivity index (χ3n) is 12.4. The Bertz CT molecular complexity index is 935. The topological polar surface area (TPSA) is 87.0 Å². The molecule has 9 atom stereocenters. The summed E-state index contributed by atoms with van der Waals surface area (Å²) in [6.07, 6.45) is 4.58. The maximum absolute atomic E-state index is 12.9. The number of carbonyl (C=O) groups excluding carboxylic acids is 1. The molecule has 0 spiro atoms. The van der Waals surface area contributed by atoms with Gasteiger partial charge in [-0.25, -0.2) is 0 Å². The summed E-state index contributed by atoms with van der Waals surface area (Å²) in [5.74, 6) is 1.01. The van der Waals surface area contributed by atoms with Crippen molar-refractivity contribution in [1.29, 1.82) is 0 Å². The second kappa shape index (κ2) is 9.42. The highest BCUT2D eigenvalue weighted by molar-refractivity contribution is 5.85. The van der Waals surface area contributed by atoms with Crippen LogP contribution >= 0.6 is 0 Å². The van der Waals surface area contributed by atoms with E-state index in [1.807, 2.05) is 20.8 Å². The minimum Gasteiger partial charge on any atom is -0.392 e. The van der Waals surface area contributed by atoms with Crippen LogP contribution in [0, 0.1) is 39.4 Å². The van der Waals surface area contributed by atoms with E-state index in [2.05, 4.69) is 41.5 Å². The molecule has 0 aliphatic heterocycles. The Kier molecular flexibility index (Phi) is 7.44. The molecular weight excluding hydrogens is 464 g/mol. The van der Waals surface area contributed by atoms with Crippen molar-refractivity contribution in [3.8, 4) is 0 Å². The summed E-state index contributed by atoms with van der Waals surface area (Å²) in [6.45, 7) is 19.8. The van der Waals surface area contributed by atoms with Crippen molar-refractivity contribution >= 4 is 5.78 Å². The molecule has 0 aromatic carbocycles. The third kappa shape index (κ3) is 4.21. The number of ketones is 1. The van der Waals surface area contributed by atoms with Crippen LogP contribution < -0.4 is 0 Å². The smallest absolute Gasteiger partial charge is 0.138 e. The Balaban J connectivity index is 1.64. The first-order chi connectivity index (χ1) is 17.0. The zero-order chi connectivity index (χ0) is 27.8. The lowest BCUT2D eigenvalue weighted by atomic mass is 9.36. The summed E-state index contributed by atoms with van der Waals surface area (Å²) < 4.78 is 5.71. The van der Waals surface area contributed by atoms with Gasteiger partial charge in [-0.2, -0.15) is 0 Å². The molecule has 0 aromatic heterocycles. The fourth-order valence-electron chi connectivity index (χ4n) is 10.2. The van der Waals surface area contributed by atoms with Crippen molar-refractivity contribution in [2.75, 3.05) is 6.61 Å². The van der Waals surface area contributed by atoms with E-state index in [-0.39, 0.29) is 33.5 Å². The largest absolute Gasteiger partial charge is 0.392 e. The maximum Gasteiger partial charge on any atom is 0.138 e. The molecule has 0 saturated heterocycles. The number of hydrogen-bond acceptors (Lipinski definition) is 5. The van der Waals surface area contributed by atoms with Crippen molar-refractivity contribution in [2.45, 2.75) is 138 Å². The summed E-state index contributed by atoms with van der Waals surface area (Å²) in [6, 6.07) is 0. The molecule has 0 radical (unpaired) electrons. The Labute approximate surface area is 225 Å². The van der Waals surface area contributed by atoms with Gasteiger partial charge >= 0.3 is 0 Å². The van der Waals surface area contributed by atoms with Gasteiger partial charge in [-0.3, -0.25) is 4.79 Å². The Hall–Kier alpha value is -0.750. The van der Waals surface area contributed by atoms with Gasteiger partial charge in [-0.15, -0.1) is 0 Å². The van der Waals surface area contributed by atoms with Gasteiger partial charge in [0.25, 0.3) is 0 Å². The maximum atomic E-state index is 12.9. The van der Waals surface area contributed by atoms with Crippen LogP contribution in [0.2, 0.25) is 0 Å². The van der Waals surface area contributed by atoms with Crippen LogP contribution in [0.25, 0.3) is 0 Å². The third-order valence-corrected chi connectivity index (χ3v) is 12.4. The van der Waals surface area contributed by atoms with Gasteiger partial charge in [0.15, 0.2) is 0 Å². The van der Waals surface area contributed by atoms with Crippen molar-refractivity contribution in [1.82, 2.24) is 0 Å². The lowest BCUT2D eigenvalue weighted by molar-refractivity contribution is -0.208. The van der Waals surface area contributed by atoms with Gasteiger partial charge in [0, 0.05) is 18.4 Å². The number of ether oxygens (including phenoxy) is 1. The molecule has 9 unspecified atom stereocenters. The molecule has 0 amide bonds. The molecule has 3 saturated carbocycles. The van der Waals surface area contributed by atoms with E-state index in [1.165, 1.54) is 11.1 Å². The molecular formula is C32H54O5. The summed E-state index contributed by atoms with van der Waals surface area (Å²) >= 11 is 0. The highest BCUT2D eigenvalue weighted by atomic mass is 16.5. The second-order valence-corrected chi connectivity index (χ2v) is 14.9. The van der Waals surface area contributed by atoms with Crippen LogP contribution in [0.3, 0.4) is 0 Å². The molecule has 0 bridgehead atoms. The summed E-state index contributed by atoms with van der Waals surface area (Å²) in [7, 11) is 0. The average Bonchev–Trinajstić information content (AvgIpc) is 3.13. The normalized spacial score (nSPS) is 42.1. The number of hydrogen-bond donors (Lipinski definition) is 3. The van der Waals surface area contributed by atoms with E-state index in [9.17, 15) is 20.1 Å². The quantitative estimate of drug-likeness (QED) is 0.369. The van der Waals surface area contributed by atoms with Gasteiger partial charge in [-0.1, -0.05) is 52.7 Å². The Morgan fingerprint density at radius 2 is 1.70 bits per heavy atom. The second-order valence-electron chi connectivity index (χ2n) is 14.9. The van der Waals surface area contributed by atoms with E-state index in [0.717, 1.165) is 32.1 Å². The fraction of sp³-hybridized carbons (Fsp3) is 0.906. The highest BCUT2D eigenvalue weighted by Crippen LogP contribution is 2.74. The van der Waals surface area contributed by atoms with Gasteiger partial charge in [0.1, 0.15) is 11.9 Å². The van der Waals surface area contributed by atoms with Crippen molar-refractivity contribution in [3.05, 3.63) is 11.1 Å². The first-order valence-electron chi connectivity index (χ1n) is 14.9. The molecule has 5 heteroatoms. The van der Waals surface area contributed by atoms with Gasteiger partial charge in [-0.05, 0) is 99.7 Å². The number of Topliss-reactive ketones (excluding diaryl/α,β-unsaturated/α-hetero) is 1. The number of fused-ring (bicyclic) bond motifs is 5. The standard InChI is InChI=1S/C32H54O5/c1-10-37-29(5,6)27(36)23(34)17-19(2)20-11-15-31(8)21(20)18-22(33)26-30(7)14-13-25(35)28(3,4)24(30)12-16-32(26,31)9/h19,22-24,26-27,33-34,36H,10-18H2,1-9H3. The fourth-order valence-corrected chi connectivity index (χ4v) is 10.2. The van der Waals surface area contributed by atoms with Gasteiger partial charge in [0.2, 0.25) is 0 Å². The first-order valence-corrected chi connectivity index (χ1v) is 14.9. The molecule has 5 nitrogen and oxygen atoms in total. The van der Waals surface area contributed by atoms with E-state index in [1.54, 1.807) is 0 Å². The predicted octanol–water partition coefficient (Wildman–Crippen LogP) is 5.84. The summed E-state index contributed by atoms with van der Waals surface area (Å²) in [5, 5.41) is 33.7. The van der Waals surface area contributed by atoms with Crippen molar-refractivity contribution in [2.24, 2.45) is 39.4 Å². The average molecular weight is 519 g/mol. The molecule has 3 fully saturated rings. The zero-order valence-electron chi connectivity index (χ0n) is 25.0. The SMILES string of the molecule is CCOC(C)(C)C(O)C(O)CC(C)C1=C2CC(O)C3C4(C)CCC(=O)C(C)(C)C4CCC3(C)C2(C)CC1. The van der Waals surface area contributed by atoms with E-state index in [0.29, 0.717) is 37.6 Å². The Morgan fingerprint density at radius 1 is 1.05 bits per heavy atom. The van der Waals surface area contributed by atoms with Crippen LogP contribution in [0.4, 0.5) is 0 Å². The molecule has 0 aromatic rings. The first kappa shape index (κ1) is 29.2. The Morgan fingerprint density at radius 3 is 2.32 bits per heavy atom. The molecule has 212 valence electrons. The lowest BCUT2D eigenvalue weighted by Crippen LogP contribution is -2.65. The number of aliphatic hydroxyl groups is 3. The zero-order valence-corrected chi connectivity index (χ0v) is 25.0. The molecule has 4 aliphatic rings. The van der Waals surface area contributed by atoms with Crippen LogP contribution in [-0.2, 0) is 9.53 Å². The van der Waals surface area contributed by atoms with Crippen molar-refractivity contribution in [3.63, 3.8) is 0 Å². The van der Waals surface area contributed by atoms with Crippen molar-refractivity contribution < 1.29 is 24.9 Å². The van der Waals surface area contributed by atoms with Crippen LogP contribution in [0.1, 0.15) is 114 Å². The minimum atomic E-state index is -0.959. The number of aliphatic hydroxyl groups excluding tert-OH is 3. The molecule has 0 heterocycles. The monoisotopic (exact) mass is 518 g/mol. The number of rotatable bonds is 7. The van der Waals surface area contributed by atoms with E-state index in [4.69, 9.17) is 4.74 Å². The lowest BCUT2D eigenvalue weighted by Gasteiger charge is -2.69. The van der Waals surface area contributed by atoms with Crippen LogP contribution in [0.5, 0.6) is 0 Å². The van der Waals surface area contributed by atoms with Crippen LogP contribution in [-0.4, -0.2) is 51.6 Å². The molecule has 37 heavy (non-hydrogen) atoms. The predicted molar refractivity (Wildman–Crippen MR) is 147 cm³/mol. The van der Waals surface area contributed by atoms with Gasteiger partial charge < -0.3 is 20.1 Å². The van der Waals surface area contributed by atoms with E-state index < -0.39 is 23.9 Å². The highest BCUT2D eigenvalue weighted by Gasteiger charge is 2.69. The summed E-state index contributed by atoms with van der Waals surface area (Å²) in [5.41, 5.74) is 1.59. The minimum absolute atomic E-state index is 0.00816. The summed E-state index contributed by atoms with van der Waals surface area (Å²) in [4.78, 5) is 12.9. The number of carbonyl (C=O) groups is 1. The number of allylic oxidation sites excluding steroid dienone is 1. The van der Waals surface area contributed by atoms with Gasteiger partial charge in [0.05, 0.1) is 17.8 Å². The molecule has 4 rings (SSSR count). The molecule has 4 aliphatic carbocycles. The molecule has 3 N–H and O–H groups in total. The van der Waals surface area contributed by atoms with E-state index >= 15 is 0 Å².